The Labute approximate surface area is 91.1 Å². The molecule has 0 radical (unpaired) electrons. The molecular weight excluding hydrogens is 184 g/mol. The quantitative estimate of drug-likeness (QED) is 0.796. The van der Waals surface area contributed by atoms with E-state index in [0.29, 0.717) is 5.92 Å². The molecule has 1 heteroatoms. The second kappa shape index (κ2) is 3.64. The maximum absolute atomic E-state index is 9.96. The molecule has 1 nitrogen and oxygen atoms in total. The first-order valence-electron chi connectivity index (χ1n) is 6.12. The van der Waals surface area contributed by atoms with Crippen LogP contribution in [0.2, 0.25) is 0 Å². The van der Waals surface area contributed by atoms with Gasteiger partial charge in [-0.2, -0.15) is 0 Å². The summed E-state index contributed by atoms with van der Waals surface area (Å²) in [5, 5.41) is 9.96. The van der Waals surface area contributed by atoms with Crippen LogP contribution in [0.1, 0.15) is 55.3 Å². The zero-order chi connectivity index (χ0) is 10.3. The molecule has 2 aliphatic carbocycles. The summed E-state index contributed by atoms with van der Waals surface area (Å²) in [6, 6.07) is 8.67. The lowest BCUT2D eigenvalue weighted by Crippen LogP contribution is -2.09. The fourth-order valence-corrected chi connectivity index (χ4v) is 2.39. The third-order valence-electron chi connectivity index (χ3n) is 3.92. The lowest BCUT2D eigenvalue weighted by atomic mass is 9.80. The highest BCUT2D eigenvalue weighted by Gasteiger charge is 2.30. The maximum Gasteiger partial charge on any atom is 0.0818 e. The van der Waals surface area contributed by atoms with E-state index in [1.807, 2.05) is 0 Å². The first kappa shape index (κ1) is 9.41. The number of aliphatic hydroxyl groups excluding tert-OH is 1. The lowest BCUT2D eigenvalue weighted by Gasteiger charge is -2.26. The molecule has 2 fully saturated rings. The fraction of sp³-hybridized carbons (Fsp3) is 0.571. The van der Waals surface area contributed by atoms with Crippen molar-refractivity contribution in [2.45, 2.75) is 44.1 Å². The minimum atomic E-state index is -0.208. The summed E-state index contributed by atoms with van der Waals surface area (Å²) in [5.74, 6) is 1.34. The van der Waals surface area contributed by atoms with Gasteiger partial charge in [0.2, 0.25) is 0 Å². The van der Waals surface area contributed by atoms with Gasteiger partial charge >= 0.3 is 0 Å². The van der Waals surface area contributed by atoms with Gasteiger partial charge in [0.15, 0.2) is 0 Å². The van der Waals surface area contributed by atoms with Crippen molar-refractivity contribution < 1.29 is 5.11 Å². The first-order chi connectivity index (χ1) is 7.34. The Morgan fingerprint density at radius 1 is 1.00 bits per heavy atom. The van der Waals surface area contributed by atoms with Gasteiger partial charge in [-0.25, -0.2) is 0 Å². The van der Waals surface area contributed by atoms with Gasteiger partial charge in [-0.15, -0.1) is 0 Å². The summed E-state index contributed by atoms with van der Waals surface area (Å²) in [6.07, 6.45) is 6.28. The zero-order valence-corrected chi connectivity index (χ0v) is 9.02. The SMILES string of the molecule is OC(c1ccc(C2CCC2)cc1)C1CC1. The average Bonchev–Trinajstić information content (AvgIpc) is 2.98. The smallest absolute Gasteiger partial charge is 0.0818 e. The van der Waals surface area contributed by atoms with E-state index >= 15 is 0 Å². The van der Waals surface area contributed by atoms with E-state index in [0.717, 1.165) is 11.5 Å². The van der Waals surface area contributed by atoms with Crippen LogP contribution in [0.15, 0.2) is 24.3 Å². The first-order valence-corrected chi connectivity index (χ1v) is 6.12. The summed E-state index contributed by atoms with van der Waals surface area (Å²) in [5.41, 5.74) is 2.58. The minimum absolute atomic E-state index is 0.208. The highest BCUT2D eigenvalue weighted by atomic mass is 16.3. The number of benzene rings is 1. The third-order valence-corrected chi connectivity index (χ3v) is 3.92. The van der Waals surface area contributed by atoms with Crippen molar-refractivity contribution >= 4 is 0 Å². The predicted octanol–water partition coefficient (Wildman–Crippen LogP) is 3.40. The molecule has 15 heavy (non-hydrogen) atoms. The van der Waals surface area contributed by atoms with Gasteiger partial charge in [0.25, 0.3) is 0 Å². The maximum atomic E-state index is 9.96. The van der Waals surface area contributed by atoms with Crippen molar-refractivity contribution in [3.8, 4) is 0 Å². The van der Waals surface area contributed by atoms with Crippen LogP contribution in [-0.4, -0.2) is 5.11 Å². The molecule has 2 aliphatic rings. The highest BCUT2D eigenvalue weighted by Crippen LogP contribution is 2.42. The second-order valence-corrected chi connectivity index (χ2v) is 5.08. The van der Waals surface area contributed by atoms with E-state index in [-0.39, 0.29) is 6.10 Å². The normalized spacial score (nSPS) is 23.5. The molecule has 1 aromatic carbocycles. The molecule has 80 valence electrons. The summed E-state index contributed by atoms with van der Waals surface area (Å²) in [6.45, 7) is 0. The zero-order valence-electron chi connectivity index (χ0n) is 9.02. The van der Waals surface area contributed by atoms with Crippen molar-refractivity contribution in [3.63, 3.8) is 0 Å². The Hall–Kier alpha value is -0.820. The van der Waals surface area contributed by atoms with Crippen LogP contribution in [0.3, 0.4) is 0 Å². The van der Waals surface area contributed by atoms with E-state index in [1.165, 1.54) is 37.7 Å². The van der Waals surface area contributed by atoms with Crippen LogP contribution in [0, 0.1) is 5.92 Å². The van der Waals surface area contributed by atoms with Crippen LogP contribution in [0.25, 0.3) is 0 Å². The fourth-order valence-electron chi connectivity index (χ4n) is 2.39. The van der Waals surface area contributed by atoms with E-state index in [4.69, 9.17) is 0 Å². The Bertz CT molecular complexity index is 333. The monoisotopic (exact) mass is 202 g/mol. The molecule has 2 saturated carbocycles. The molecule has 0 amide bonds. The Morgan fingerprint density at radius 3 is 2.13 bits per heavy atom. The molecule has 0 heterocycles. The summed E-state index contributed by atoms with van der Waals surface area (Å²) in [4.78, 5) is 0. The van der Waals surface area contributed by atoms with E-state index in [2.05, 4.69) is 24.3 Å². The van der Waals surface area contributed by atoms with Crippen molar-refractivity contribution in [1.82, 2.24) is 0 Å². The summed E-state index contributed by atoms with van der Waals surface area (Å²) >= 11 is 0. The highest BCUT2D eigenvalue weighted by molar-refractivity contribution is 5.28. The van der Waals surface area contributed by atoms with Crippen LogP contribution < -0.4 is 0 Å². The van der Waals surface area contributed by atoms with Gasteiger partial charge in [0, 0.05) is 0 Å². The van der Waals surface area contributed by atoms with E-state index in [9.17, 15) is 5.11 Å². The second-order valence-electron chi connectivity index (χ2n) is 5.08. The number of aliphatic hydroxyl groups is 1. The molecular formula is C14H18O. The lowest BCUT2D eigenvalue weighted by molar-refractivity contribution is 0.154. The topological polar surface area (TPSA) is 20.2 Å². The molecule has 0 aromatic heterocycles. The van der Waals surface area contributed by atoms with Gasteiger partial charge in [-0.3, -0.25) is 0 Å². The number of hydrogen-bond donors (Lipinski definition) is 1. The van der Waals surface area contributed by atoms with E-state index < -0.39 is 0 Å². The summed E-state index contributed by atoms with van der Waals surface area (Å²) < 4.78 is 0. The molecule has 0 spiro atoms. The van der Waals surface area contributed by atoms with Crippen LogP contribution in [0.5, 0.6) is 0 Å². The minimum Gasteiger partial charge on any atom is -0.388 e. The average molecular weight is 202 g/mol. The van der Waals surface area contributed by atoms with Crippen LogP contribution in [0.4, 0.5) is 0 Å². The number of rotatable bonds is 3. The van der Waals surface area contributed by atoms with Gasteiger partial charge < -0.3 is 5.11 Å². The van der Waals surface area contributed by atoms with Gasteiger partial charge in [0.05, 0.1) is 6.10 Å². The van der Waals surface area contributed by atoms with Crippen LogP contribution >= 0.6 is 0 Å². The predicted molar refractivity (Wildman–Crippen MR) is 60.7 cm³/mol. The van der Waals surface area contributed by atoms with Crippen molar-refractivity contribution in [1.29, 1.82) is 0 Å². The molecule has 0 aliphatic heterocycles. The van der Waals surface area contributed by atoms with Crippen molar-refractivity contribution in [3.05, 3.63) is 35.4 Å². The van der Waals surface area contributed by atoms with Crippen LogP contribution in [-0.2, 0) is 0 Å². The standard InChI is InChI=1S/C14H18O/c15-14(13-8-9-13)12-6-4-11(5-7-12)10-2-1-3-10/h4-7,10,13-15H,1-3,8-9H2. The van der Waals surface area contributed by atoms with Crippen molar-refractivity contribution in [2.75, 3.05) is 0 Å². The summed E-state index contributed by atoms with van der Waals surface area (Å²) in [7, 11) is 0. The van der Waals surface area contributed by atoms with Gasteiger partial charge in [-0.1, -0.05) is 30.7 Å². The molecule has 1 aromatic rings. The number of hydrogen-bond acceptors (Lipinski definition) is 1. The molecule has 3 rings (SSSR count). The Balaban J connectivity index is 1.74. The van der Waals surface area contributed by atoms with E-state index in [1.54, 1.807) is 0 Å². The molecule has 0 saturated heterocycles. The van der Waals surface area contributed by atoms with Gasteiger partial charge in [-0.05, 0) is 48.6 Å². The molecule has 1 atom stereocenters. The van der Waals surface area contributed by atoms with Crippen molar-refractivity contribution in [2.24, 2.45) is 5.92 Å². The van der Waals surface area contributed by atoms with Gasteiger partial charge in [0.1, 0.15) is 0 Å². The molecule has 0 bridgehead atoms. The molecule has 1 unspecified atom stereocenters. The Kier molecular flexibility index (Phi) is 2.28. The Morgan fingerprint density at radius 2 is 1.67 bits per heavy atom. The molecule has 1 N–H and O–H groups in total. The largest absolute Gasteiger partial charge is 0.388 e. The third kappa shape index (κ3) is 1.81.